The molecule has 0 aromatic rings. The maximum Gasteiger partial charge on any atom is 0.341 e. The highest BCUT2D eigenvalue weighted by molar-refractivity contribution is 5.97. The predicted molar refractivity (Wildman–Crippen MR) is 60.0 cm³/mol. The third kappa shape index (κ3) is 2.49. The second-order valence-electron chi connectivity index (χ2n) is 3.82. The molecule has 1 rings (SSSR count). The van der Waals surface area contributed by atoms with Crippen LogP contribution in [0.1, 0.15) is 20.3 Å². The molecular formula is C12H16O5. The van der Waals surface area contributed by atoms with Crippen LogP contribution in [0.2, 0.25) is 0 Å². The van der Waals surface area contributed by atoms with Gasteiger partial charge in [-0.05, 0) is 19.4 Å². The summed E-state index contributed by atoms with van der Waals surface area (Å²) >= 11 is 0. The molecule has 1 aliphatic rings. The maximum atomic E-state index is 11.6. The van der Waals surface area contributed by atoms with Gasteiger partial charge in [-0.2, -0.15) is 0 Å². The lowest BCUT2D eigenvalue weighted by Gasteiger charge is -2.32. The first-order chi connectivity index (χ1) is 7.98. The Morgan fingerprint density at radius 2 is 1.88 bits per heavy atom. The molecule has 5 nitrogen and oxygen atoms in total. The van der Waals surface area contributed by atoms with E-state index in [9.17, 15) is 9.59 Å². The fraction of sp³-hybridized carbons (Fsp3) is 0.500. The van der Waals surface area contributed by atoms with Crippen LogP contribution in [0.3, 0.4) is 0 Å². The molecule has 17 heavy (non-hydrogen) atoms. The van der Waals surface area contributed by atoms with Gasteiger partial charge in [-0.3, -0.25) is 0 Å². The van der Waals surface area contributed by atoms with Crippen LogP contribution in [-0.2, 0) is 23.8 Å². The van der Waals surface area contributed by atoms with E-state index in [1.807, 2.05) is 6.92 Å². The Bertz CT molecular complexity index is 394. The lowest BCUT2D eigenvalue weighted by atomic mass is 9.89. The van der Waals surface area contributed by atoms with Crippen LogP contribution in [0, 0.1) is 0 Å². The Morgan fingerprint density at radius 1 is 1.29 bits per heavy atom. The molecule has 0 N–H and O–H groups in total. The van der Waals surface area contributed by atoms with Crippen molar-refractivity contribution in [3.8, 4) is 0 Å². The largest absolute Gasteiger partial charge is 0.489 e. The molecule has 0 saturated heterocycles. The van der Waals surface area contributed by atoms with Crippen molar-refractivity contribution >= 4 is 11.9 Å². The average Bonchev–Trinajstić information content (AvgIpc) is 2.37. The van der Waals surface area contributed by atoms with E-state index < -0.39 is 17.5 Å². The molecule has 0 bridgehead atoms. The van der Waals surface area contributed by atoms with E-state index in [2.05, 4.69) is 9.47 Å². The Balaban J connectivity index is 3.12. The first kappa shape index (κ1) is 13.3. The molecule has 1 atom stereocenters. The molecule has 0 radical (unpaired) electrons. The van der Waals surface area contributed by atoms with Crippen LogP contribution >= 0.6 is 0 Å². The molecule has 0 fully saturated rings. The van der Waals surface area contributed by atoms with Gasteiger partial charge in [0.2, 0.25) is 0 Å². The summed E-state index contributed by atoms with van der Waals surface area (Å²) in [6.45, 7) is 3.65. The van der Waals surface area contributed by atoms with Crippen LogP contribution in [0.15, 0.2) is 23.5 Å². The lowest BCUT2D eigenvalue weighted by Crippen LogP contribution is -2.36. The third-order valence-electron chi connectivity index (χ3n) is 2.82. The Labute approximate surface area is 100 Å². The van der Waals surface area contributed by atoms with Crippen LogP contribution < -0.4 is 0 Å². The molecule has 1 unspecified atom stereocenters. The number of rotatable bonds is 3. The van der Waals surface area contributed by atoms with Gasteiger partial charge >= 0.3 is 11.9 Å². The monoisotopic (exact) mass is 240 g/mol. The van der Waals surface area contributed by atoms with Gasteiger partial charge in [0.1, 0.15) is 5.60 Å². The van der Waals surface area contributed by atoms with Crippen LogP contribution in [0.5, 0.6) is 0 Å². The smallest absolute Gasteiger partial charge is 0.341 e. The van der Waals surface area contributed by atoms with E-state index in [1.54, 1.807) is 6.92 Å². The molecule has 0 saturated carbocycles. The van der Waals surface area contributed by atoms with Gasteiger partial charge in [0.15, 0.2) is 0 Å². The predicted octanol–water partition coefficient (Wildman–Crippen LogP) is 1.34. The summed E-state index contributed by atoms with van der Waals surface area (Å²) in [4.78, 5) is 23.0. The van der Waals surface area contributed by atoms with Gasteiger partial charge in [0.05, 0.1) is 31.6 Å². The first-order valence-corrected chi connectivity index (χ1v) is 5.25. The number of esters is 2. The van der Waals surface area contributed by atoms with Crippen LogP contribution in [0.4, 0.5) is 0 Å². The molecule has 0 aromatic heterocycles. The second-order valence-corrected chi connectivity index (χ2v) is 3.82. The third-order valence-corrected chi connectivity index (χ3v) is 2.82. The highest BCUT2D eigenvalue weighted by Gasteiger charge is 2.37. The Kier molecular flexibility index (Phi) is 3.93. The Morgan fingerprint density at radius 3 is 2.35 bits per heavy atom. The second kappa shape index (κ2) is 5.03. The number of methoxy groups -OCH3 is 2. The molecule has 0 aliphatic carbocycles. The molecule has 1 heterocycles. The van der Waals surface area contributed by atoms with Crippen molar-refractivity contribution in [3.05, 3.63) is 23.5 Å². The van der Waals surface area contributed by atoms with E-state index in [-0.39, 0.29) is 5.57 Å². The zero-order chi connectivity index (χ0) is 13.1. The Hall–Kier alpha value is -1.78. The summed E-state index contributed by atoms with van der Waals surface area (Å²) in [5.74, 6) is -1.06. The average molecular weight is 240 g/mol. The van der Waals surface area contributed by atoms with Crippen molar-refractivity contribution < 1.29 is 23.8 Å². The summed E-state index contributed by atoms with van der Waals surface area (Å²) in [5.41, 5.74) is -0.269. The van der Waals surface area contributed by atoms with Crippen molar-refractivity contribution in [2.75, 3.05) is 14.2 Å². The highest BCUT2D eigenvalue weighted by Crippen LogP contribution is 2.31. The van der Waals surface area contributed by atoms with E-state index in [0.717, 1.165) is 0 Å². The van der Waals surface area contributed by atoms with Crippen molar-refractivity contribution in [1.82, 2.24) is 0 Å². The number of carbonyl (C=O) groups excluding carboxylic acids is 2. The van der Waals surface area contributed by atoms with E-state index >= 15 is 0 Å². The topological polar surface area (TPSA) is 61.8 Å². The number of hydrogen-bond acceptors (Lipinski definition) is 5. The van der Waals surface area contributed by atoms with E-state index in [4.69, 9.17) is 4.74 Å². The molecule has 0 aromatic carbocycles. The van der Waals surface area contributed by atoms with E-state index in [1.165, 1.54) is 26.6 Å². The van der Waals surface area contributed by atoms with Crippen molar-refractivity contribution in [1.29, 1.82) is 0 Å². The summed E-state index contributed by atoms with van der Waals surface area (Å²) in [6, 6.07) is 0. The van der Waals surface area contributed by atoms with Crippen LogP contribution in [-0.4, -0.2) is 31.8 Å². The number of ether oxygens (including phenoxy) is 3. The minimum Gasteiger partial charge on any atom is -0.489 e. The fourth-order valence-electron chi connectivity index (χ4n) is 1.48. The number of carbonyl (C=O) groups is 2. The molecule has 0 spiro atoms. The van der Waals surface area contributed by atoms with E-state index in [0.29, 0.717) is 12.0 Å². The lowest BCUT2D eigenvalue weighted by molar-refractivity contribution is -0.139. The molecular weight excluding hydrogens is 224 g/mol. The minimum absolute atomic E-state index is 0.193. The summed E-state index contributed by atoms with van der Waals surface area (Å²) < 4.78 is 14.7. The van der Waals surface area contributed by atoms with Gasteiger partial charge in [0.25, 0.3) is 0 Å². The normalized spacial score (nSPS) is 23.1. The highest BCUT2D eigenvalue weighted by atomic mass is 16.5. The van der Waals surface area contributed by atoms with Crippen LogP contribution in [0.25, 0.3) is 0 Å². The zero-order valence-electron chi connectivity index (χ0n) is 10.4. The summed E-state index contributed by atoms with van der Waals surface area (Å²) in [6.07, 6.45) is 3.34. The molecule has 1 aliphatic heterocycles. The van der Waals surface area contributed by atoms with Crippen molar-refractivity contribution in [2.24, 2.45) is 0 Å². The number of hydrogen-bond donors (Lipinski definition) is 0. The summed E-state index contributed by atoms with van der Waals surface area (Å²) in [5, 5.41) is 0. The van der Waals surface area contributed by atoms with Gasteiger partial charge in [-0.25, -0.2) is 9.59 Å². The van der Waals surface area contributed by atoms with Gasteiger partial charge < -0.3 is 14.2 Å². The maximum absolute atomic E-state index is 11.6. The molecule has 5 heteroatoms. The first-order valence-electron chi connectivity index (χ1n) is 5.25. The van der Waals surface area contributed by atoms with Crippen molar-refractivity contribution in [2.45, 2.75) is 25.9 Å². The van der Waals surface area contributed by atoms with Crippen molar-refractivity contribution in [3.63, 3.8) is 0 Å². The van der Waals surface area contributed by atoms with Gasteiger partial charge in [-0.1, -0.05) is 6.92 Å². The van der Waals surface area contributed by atoms with Gasteiger partial charge in [-0.15, -0.1) is 0 Å². The SMILES string of the molecule is CCC1(C)OC=C(C(=O)OC)C=C1C(=O)OC. The standard InChI is InChI=1S/C12H16O5/c1-5-12(2)9(11(14)16-4)6-8(7-17-12)10(13)15-3/h6-7H,5H2,1-4H3. The quantitative estimate of drug-likeness (QED) is 0.697. The minimum atomic E-state index is -0.773. The fourth-order valence-corrected chi connectivity index (χ4v) is 1.48. The van der Waals surface area contributed by atoms with Gasteiger partial charge in [0, 0.05) is 0 Å². The summed E-state index contributed by atoms with van der Waals surface area (Å²) in [7, 11) is 2.55. The zero-order valence-corrected chi connectivity index (χ0v) is 10.4. The molecule has 0 amide bonds. The molecule has 94 valence electrons.